The lowest BCUT2D eigenvalue weighted by atomic mass is 10.2. The number of aryl methyl sites for hydroxylation is 1. The minimum absolute atomic E-state index is 0.757. The lowest BCUT2D eigenvalue weighted by Crippen LogP contribution is -1.90. The fourth-order valence-corrected chi connectivity index (χ4v) is 1.12. The fourth-order valence-electron chi connectivity index (χ4n) is 0.775. The van der Waals surface area contributed by atoms with E-state index in [4.69, 9.17) is 10.9 Å². The van der Waals surface area contributed by atoms with Gasteiger partial charge in [-0.05, 0) is 36.6 Å². The first-order valence-corrected chi connectivity index (χ1v) is 4.85. The fraction of sp³-hybridized carbons (Fsp3) is 0.333. The van der Waals surface area contributed by atoms with Gasteiger partial charge in [-0.3, -0.25) is 5.14 Å². The van der Waals surface area contributed by atoms with E-state index >= 15 is 0 Å². The van der Waals surface area contributed by atoms with Crippen LogP contribution in [0.5, 0.6) is 0 Å². The minimum atomic E-state index is 0.757. The molecule has 0 fully saturated rings. The van der Waals surface area contributed by atoms with E-state index in [1.54, 1.807) is 0 Å². The number of nitrogens with two attached hydrogens (primary N) is 2. The van der Waals surface area contributed by atoms with E-state index in [2.05, 4.69) is 0 Å². The van der Waals surface area contributed by atoms with Crippen molar-refractivity contribution < 1.29 is 0 Å². The Morgan fingerprint density at radius 3 is 2.25 bits per heavy atom. The quantitative estimate of drug-likeness (QED) is 0.521. The topological polar surface area (TPSA) is 52.0 Å². The molecule has 0 amide bonds. The van der Waals surface area contributed by atoms with Gasteiger partial charge in [-0.15, -0.1) is 0 Å². The molecule has 1 aromatic rings. The number of hydrogen-bond donors (Lipinski definition) is 2. The normalized spacial score (nSPS) is 8.67. The molecule has 1 aromatic carbocycles. The lowest BCUT2D eigenvalue weighted by molar-refractivity contribution is 1.38. The number of anilines is 1. The van der Waals surface area contributed by atoms with Crippen molar-refractivity contribution in [3.05, 3.63) is 23.8 Å². The summed E-state index contributed by atoms with van der Waals surface area (Å²) in [6, 6.07) is 5.83. The molecule has 0 aliphatic carbocycles. The Kier molecular flexibility index (Phi) is 5.58. The van der Waals surface area contributed by atoms with Crippen molar-refractivity contribution in [3.63, 3.8) is 0 Å². The first-order chi connectivity index (χ1) is 5.74. The average molecular weight is 184 g/mol. The lowest BCUT2D eigenvalue weighted by Gasteiger charge is -2.00. The maximum Gasteiger partial charge on any atom is 0.0468 e. The van der Waals surface area contributed by atoms with Crippen LogP contribution in [0.2, 0.25) is 0 Å². The highest BCUT2D eigenvalue weighted by Crippen LogP contribution is 2.20. The van der Waals surface area contributed by atoms with Gasteiger partial charge in [-0.2, -0.15) is 0 Å². The second kappa shape index (κ2) is 5.91. The maximum absolute atomic E-state index is 5.63. The highest BCUT2D eigenvalue weighted by atomic mass is 32.2. The Balaban J connectivity index is 0.000000561. The van der Waals surface area contributed by atoms with Gasteiger partial charge in [0.25, 0.3) is 0 Å². The predicted octanol–water partition coefficient (Wildman–Crippen LogP) is 2.57. The zero-order chi connectivity index (χ0) is 9.56. The van der Waals surface area contributed by atoms with Crippen LogP contribution < -0.4 is 10.9 Å². The van der Waals surface area contributed by atoms with Gasteiger partial charge in [0.2, 0.25) is 0 Å². The summed E-state index contributed by atoms with van der Waals surface area (Å²) in [5, 5.41) is 5.34. The summed E-state index contributed by atoms with van der Waals surface area (Å²) >= 11 is 1.18. The minimum Gasteiger partial charge on any atom is -0.398 e. The monoisotopic (exact) mass is 184 g/mol. The number of benzene rings is 1. The van der Waals surface area contributed by atoms with Gasteiger partial charge >= 0.3 is 0 Å². The Bertz CT molecular complexity index is 236. The van der Waals surface area contributed by atoms with E-state index in [1.165, 1.54) is 11.9 Å². The van der Waals surface area contributed by atoms with Crippen molar-refractivity contribution in [3.8, 4) is 0 Å². The Labute approximate surface area is 78.5 Å². The molecule has 1 rings (SSSR count). The van der Waals surface area contributed by atoms with E-state index in [9.17, 15) is 0 Å². The van der Waals surface area contributed by atoms with E-state index in [1.807, 2.05) is 39.0 Å². The molecular weight excluding hydrogens is 168 g/mol. The molecule has 0 heterocycles. The van der Waals surface area contributed by atoms with Crippen molar-refractivity contribution in [2.45, 2.75) is 25.7 Å². The van der Waals surface area contributed by atoms with Crippen LogP contribution in [0.25, 0.3) is 0 Å². The third kappa shape index (κ3) is 3.15. The number of rotatable bonds is 1. The van der Waals surface area contributed by atoms with Crippen molar-refractivity contribution >= 4 is 17.6 Å². The standard InChI is InChI=1S/C7H10N2S.C2H6/c1-5-2-3-7(10-9)6(8)4-5;1-2/h2-4H,8-9H2,1H3;1-2H3. The molecule has 0 aliphatic heterocycles. The average Bonchev–Trinajstić information content (AvgIpc) is 2.08. The summed E-state index contributed by atoms with van der Waals surface area (Å²) in [5.74, 6) is 0. The Hall–Kier alpha value is -0.670. The molecule has 4 N–H and O–H groups in total. The van der Waals surface area contributed by atoms with E-state index < -0.39 is 0 Å². The van der Waals surface area contributed by atoms with Crippen LogP contribution in [0.4, 0.5) is 5.69 Å². The Morgan fingerprint density at radius 1 is 1.25 bits per heavy atom. The summed E-state index contributed by atoms with van der Waals surface area (Å²) < 4.78 is 0. The van der Waals surface area contributed by atoms with Gasteiger partial charge in [-0.25, -0.2) is 0 Å². The SMILES string of the molecule is CC.Cc1ccc(SN)c(N)c1. The molecule has 0 radical (unpaired) electrons. The van der Waals surface area contributed by atoms with Crippen LogP contribution in [0, 0.1) is 6.92 Å². The largest absolute Gasteiger partial charge is 0.398 e. The second-order valence-electron chi connectivity index (χ2n) is 2.16. The zero-order valence-corrected chi connectivity index (χ0v) is 8.61. The summed E-state index contributed by atoms with van der Waals surface area (Å²) in [5.41, 5.74) is 7.55. The van der Waals surface area contributed by atoms with Crippen LogP contribution in [0.3, 0.4) is 0 Å². The molecule has 0 saturated heterocycles. The number of hydrogen-bond acceptors (Lipinski definition) is 3. The molecule has 0 aliphatic rings. The molecule has 2 nitrogen and oxygen atoms in total. The summed E-state index contributed by atoms with van der Waals surface area (Å²) in [6.45, 7) is 6.00. The highest BCUT2D eigenvalue weighted by molar-refractivity contribution is 7.97. The van der Waals surface area contributed by atoms with E-state index in [-0.39, 0.29) is 0 Å². The van der Waals surface area contributed by atoms with Crippen LogP contribution in [-0.2, 0) is 0 Å². The van der Waals surface area contributed by atoms with Crippen LogP contribution in [0.1, 0.15) is 19.4 Å². The van der Waals surface area contributed by atoms with E-state index in [0.717, 1.165) is 16.1 Å². The van der Waals surface area contributed by atoms with Crippen molar-refractivity contribution in [1.29, 1.82) is 0 Å². The Morgan fingerprint density at radius 2 is 1.83 bits per heavy atom. The summed E-state index contributed by atoms with van der Waals surface area (Å²) in [7, 11) is 0. The second-order valence-corrected chi connectivity index (χ2v) is 2.83. The predicted molar refractivity (Wildman–Crippen MR) is 57.0 cm³/mol. The zero-order valence-electron chi connectivity index (χ0n) is 7.79. The van der Waals surface area contributed by atoms with Crippen LogP contribution in [0.15, 0.2) is 23.1 Å². The third-order valence-corrected chi connectivity index (χ3v) is 1.92. The van der Waals surface area contributed by atoms with Crippen LogP contribution in [-0.4, -0.2) is 0 Å². The summed E-state index contributed by atoms with van der Waals surface area (Å²) in [4.78, 5) is 0.936. The van der Waals surface area contributed by atoms with Gasteiger partial charge < -0.3 is 5.73 Å². The molecule has 0 bridgehead atoms. The highest BCUT2D eigenvalue weighted by Gasteiger charge is 1.95. The van der Waals surface area contributed by atoms with Gasteiger partial charge in [-0.1, -0.05) is 19.9 Å². The van der Waals surface area contributed by atoms with Gasteiger partial charge in [0.1, 0.15) is 0 Å². The molecule has 0 saturated carbocycles. The first kappa shape index (κ1) is 11.3. The molecule has 0 unspecified atom stereocenters. The number of nitrogen functional groups attached to an aromatic ring is 1. The molecule has 0 atom stereocenters. The van der Waals surface area contributed by atoms with Crippen molar-refractivity contribution in [2.24, 2.45) is 5.14 Å². The van der Waals surface area contributed by atoms with Crippen LogP contribution >= 0.6 is 11.9 Å². The van der Waals surface area contributed by atoms with Gasteiger partial charge in [0, 0.05) is 10.6 Å². The van der Waals surface area contributed by atoms with E-state index in [0.29, 0.717) is 0 Å². The molecule has 12 heavy (non-hydrogen) atoms. The maximum atomic E-state index is 5.63. The molecular formula is C9H16N2S. The smallest absolute Gasteiger partial charge is 0.0468 e. The molecule has 0 aromatic heterocycles. The van der Waals surface area contributed by atoms with Gasteiger partial charge in [0.15, 0.2) is 0 Å². The van der Waals surface area contributed by atoms with Crippen molar-refractivity contribution in [2.75, 3.05) is 5.73 Å². The molecule has 3 heteroatoms. The summed E-state index contributed by atoms with van der Waals surface area (Å²) in [6.07, 6.45) is 0. The van der Waals surface area contributed by atoms with Gasteiger partial charge in [0.05, 0.1) is 0 Å². The first-order valence-electron chi connectivity index (χ1n) is 3.97. The molecule has 0 spiro atoms. The molecule has 68 valence electrons. The third-order valence-electron chi connectivity index (χ3n) is 1.29. The van der Waals surface area contributed by atoms with Crippen molar-refractivity contribution in [1.82, 2.24) is 0 Å².